The highest BCUT2D eigenvalue weighted by Gasteiger charge is 2.27. The van der Waals surface area contributed by atoms with Crippen molar-refractivity contribution < 1.29 is 17.6 Å². The predicted octanol–water partition coefficient (Wildman–Crippen LogP) is 4.61. The molecule has 31 heavy (non-hydrogen) atoms. The molecular weight excluding hydrogens is 439 g/mol. The molecule has 0 aromatic heterocycles. The van der Waals surface area contributed by atoms with Gasteiger partial charge in [0.25, 0.3) is 10.0 Å². The number of nitrogens with one attached hydrogen (secondary N) is 1. The maximum absolute atomic E-state index is 13.3. The lowest BCUT2D eigenvalue weighted by Gasteiger charge is -2.24. The first-order chi connectivity index (χ1) is 14.7. The molecule has 1 amide bonds. The number of benzene rings is 3. The molecule has 0 saturated carbocycles. The van der Waals surface area contributed by atoms with Crippen molar-refractivity contribution in [3.05, 3.63) is 94.3 Å². The molecule has 3 aromatic rings. The van der Waals surface area contributed by atoms with Crippen molar-refractivity contribution in [2.75, 3.05) is 10.8 Å². The Kier molecular flexibility index (Phi) is 6.97. The minimum Gasteiger partial charge on any atom is -0.350 e. The summed E-state index contributed by atoms with van der Waals surface area (Å²) < 4.78 is 40.8. The zero-order valence-electron chi connectivity index (χ0n) is 17.1. The third-order valence-corrected chi connectivity index (χ3v) is 6.94. The SMILES string of the molecule is Cc1ccc(S(=O)(=O)N(CC(=O)NCc2ccc(F)cc2)c2ccc(C)c(Cl)c2)cc1. The second-order valence-corrected chi connectivity index (χ2v) is 9.43. The molecule has 0 bridgehead atoms. The van der Waals surface area contributed by atoms with E-state index in [0.29, 0.717) is 10.6 Å². The summed E-state index contributed by atoms with van der Waals surface area (Å²) in [5, 5.41) is 3.07. The number of amides is 1. The fraction of sp³-hybridized carbons (Fsp3) is 0.174. The minimum absolute atomic E-state index is 0.0705. The summed E-state index contributed by atoms with van der Waals surface area (Å²) in [5.74, 6) is -0.876. The van der Waals surface area contributed by atoms with Gasteiger partial charge in [-0.05, 0) is 61.4 Å². The van der Waals surface area contributed by atoms with Gasteiger partial charge in [-0.25, -0.2) is 12.8 Å². The van der Waals surface area contributed by atoms with Crippen molar-refractivity contribution in [2.24, 2.45) is 0 Å². The number of anilines is 1. The van der Waals surface area contributed by atoms with Crippen LogP contribution in [0.4, 0.5) is 10.1 Å². The molecule has 0 fully saturated rings. The fourth-order valence-corrected chi connectivity index (χ4v) is 4.47. The van der Waals surface area contributed by atoms with Crippen LogP contribution in [0.5, 0.6) is 0 Å². The molecule has 1 N–H and O–H groups in total. The van der Waals surface area contributed by atoms with Crippen LogP contribution in [0.2, 0.25) is 5.02 Å². The van der Waals surface area contributed by atoms with Crippen molar-refractivity contribution in [1.82, 2.24) is 5.32 Å². The van der Waals surface area contributed by atoms with Crippen LogP contribution in [0.1, 0.15) is 16.7 Å². The Labute approximate surface area is 186 Å². The number of hydrogen-bond donors (Lipinski definition) is 1. The lowest BCUT2D eigenvalue weighted by Crippen LogP contribution is -2.40. The number of carbonyl (C=O) groups excluding carboxylic acids is 1. The molecular formula is C23H22ClFN2O3S. The number of nitrogens with zero attached hydrogens (tertiary/aromatic N) is 1. The van der Waals surface area contributed by atoms with Gasteiger partial charge >= 0.3 is 0 Å². The van der Waals surface area contributed by atoms with Gasteiger partial charge < -0.3 is 5.32 Å². The Morgan fingerprint density at radius 1 is 1.00 bits per heavy atom. The Bertz CT molecular complexity index is 1180. The number of halogens is 2. The highest BCUT2D eigenvalue weighted by atomic mass is 35.5. The molecule has 3 rings (SSSR count). The van der Waals surface area contributed by atoms with E-state index in [0.717, 1.165) is 15.4 Å². The van der Waals surface area contributed by atoms with Crippen molar-refractivity contribution >= 4 is 33.2 Å². The van der Waals surface area contributed by atoms with Crippen LogP contribution in [0.3, 0.4) is 0 Å². The van der Waals surface area contributed by atoms with Crippen molar-refractivity contribution in [3.63, 3.8) is 0 Å². The van der Waals surface area contributed by atoms with E-state index in [1.165, 1.54) is 30.3 Å². The van der Waals surface area contributed by atoms with Crippen LogP contribution in [0.15, 0.2) is 71.6 Å². The Morgan fingerprint density at radius 2 is 1.65 bits per heavy atom. The van der Waals surface area contributed by atoms with Gasteiger partial charge in [-0.3, -0.25) is 9.10 Å². The number of hydrogen-bond acceptors (Lipinski definition) is 3. The third-order valence-electron chi connectivity index (χ3n) is 4.74. The quantitative estimate of drug-likeness (QED) is 0.560. The van der Waals surface area contributed by atoms with E-state index in [1.54, 1.807) is 43.3 Å². The minimum atomic E-state index is -4.02. The van der Waals surface area contributed by atoms with E-state index in [4.69, 9.17) is 11.6 Å². The molecule has 0 spiro atoms. The molecule has 8 heteroatoms. The van der Waals surface area contributed by atoms with Gasteiger partial charge in [-0.1, -0.05) is 47.5 Å². The van der Waals surface area contributed by atoms with E-state index in [2.05, 4.69) is 5.32 Å². The van der Waals surface area contributed by atoms with Crippen LogP contribution >= 0.6 is 11.6 Å². The molecule has 0 heterocycles. The molecule has 0 aliphatic carbocycles. The summed E-state index contributed by atoms with van der Waals surface area (Å²) in [6.45, 7) is 3.38. The molecule has 5 nitrogen and oxygen atoms in total. The number of aryl methyl sites for hydroxylation is 2. The van der Waals surface area contributed by atoms with E-state index >= 15 is 0 Å². The zero-order chi connectivity index (χ0) is 22.6. The average molecular weight is 461 g/mol. The summed E-state index contributed by atoms with van der Waals surface area (Å²) in [7, 11) is -4.02. The molecule has 0 atom stereocenters. The smallest absolute Gasteiger partial charge is 0.264 e. The highest BCUT2D eigenvalue weighted by molar-refractivity contribution is 7.92. The standard InChI is InChI=1S/C23H22ClFN2O3S/c1-16-3-11-21(12-4-16)31(29,30)27(20-10-5-17(2)22(24)13-20)15-23(28)26-14-18-6-8-19(25)9-7-18/h3-13H,14-15H2,1-2H3,(H,26,28). The maximum Gasteiger partial charge on any atom is 0.264 e. The molecule has 0 unspecified atom stereocenters. The molecule has 0 aliphatic heterocycles. The van der Waals surface area contributed by atoms with Crippen molar-refractivity contribution in [2.45, 2.75) is 25.3 Å². The van der Waals surface area contributed by atoms with Gasteiger partial charge in [0.2, 0.25) is 5.91 Å². The van der Waals surface area contributed by atoms with Gasteiger partial charge in [-0.15, -0.1) is 0 Å². The first-order valence-corrected chi connectivity index (χ1v) is 11.4. The van der Waals surface area contributed by atoms with E-state index < -0.39 is 22.5 Å². The van der Waals surface area contributed by atoms with Gasteiger partial charge in [-0.2, -0.15) is 0 Å². The second-order valence-electron chi connectivity index (χ2n) is 7.16. The van der Waals surface area contributed by atoms with Crippen LogP contribution in [-0.4, -0.2) is 20.9 Å². The summed E-state index contributed by atoms with van der Waals surface area (Å²) in [6.07, 6.45) is 0. The van der Waals surface area contributed by atoms with Gasteiger partial charge in [0.05, 0.1) is 10.6 Å². The van der Waals surface area contributed by atoms with Gasteiger partial charge in [0, 0.05) is 11.6 Å². The lowest BCUT2D eigenvalue weighted by molar-refractivity contribution is -0.119. The van der Waals surface area contributed by atoms with Crippen LogP contribution in [0, 0.1) is 19.7 Å². The van der Waals surface area contributed by atoms with E-state index in [1.807, 2.05) is 6.92 Å². The second kappa shape index (κ2) is 9.49. The van der Waals surface area contributed by atoms with Crippen molar-refractivity contribution in [3.8, 4) is 0 Å². The Hall–Kier alpha value is -2.90. The highest BCUT2D eigenvalue weighted by Crippen LogP contribution is 2.28. The molecule has 3 aromatic carbocycles. The van der Waals surface area contributed by atoms with Crippen molar-refractivity contribution in [1.29, 1.82) is 0 Å². The fourth-order valence-electron chi connectivity index (χ4n) is 2.88. The summed E-state index contributed by atoms with van der Waals surface area (Å²) in [6, 6.07) is 16.9. The largest absolute Gasteiger partial charge is 0.350 e. The first kappa shape index (κ1) is 22.8. The maximum atomic E-state index is 13.3. The van der Waals surface area contributed by atoms with Gasteiger partial charge in [0.1, 0.15) is 12.4 Å². The summed E-state index contributed by atoms with van der Waals surface area (Å²) in [5.41, 5.74) is 2.69. The molecule has 162 valence electrons. The number of carbonyl (C=O) groups is 1. The van der Waals surface area contributed by atoms with Crippen LogP contribution in [-0.2, 0) is 21.4 Å². The van der Waals surface area contributed by atoms with E-state index in [9.17, 15) is 17.6 Å². The van der Waals surface area contributed by atoms with Crippen LogP contribution < -0.4 is 9.62 Å². The average Bonchev–Trinajstić information content (AvgIpc) is 2.74. The number of rotatable bonds is 7. The third kappa shape index (κ3) is 5.62. The first-order valence-electron chi connectivity index (χ1n) is 9.53. The summed E-state index contributed by atoms with van der Waals surface area (Å²) >= 11 is 6.21. The number of sulfonamides is 1. The molecule has 0 aliphatic rings. The normalized spacial score (nSPS) is 11.2. The van der Waals surface area contributed by atoms with E-state index in [-0.39, 0.29) is 22.9 Å². The Balaban J connectivity index is 1.88. The monoisotopic (exact) mass is 460 g/mol. The van der Waals surface area contributed by atoms with Crippen LogP contribution in [0.25, 0.3) is 0 Å². The lowest BCUT2D eigenvalue weighted by atomic mass is 10.2. The zero-order valence-corrected chi connectivity index (χ0v) is 18.7. The topological polar surface area (TPSA) is 66.5 Å². The van der Waals surface area contributed by atoms with Gasteiger partial charge in [0.15, 0.2) is 0 Å². The Morgan fingerprint density at radius 3 is 2.26 bits per heavy atom. The molecule has 0 radical (unpaired) electrons. The molecule has 0 saturated heterocycles. The predicted molar refractivity (Wildman–Crippen MR) is 120 cm³/mol. The summed E-state index contributed by atoms with van der Waals surface area (Å²) in [4.78, 5) is 12.7.